The number of hydrogen-bond donors (Lipinski definition) is 3. The Morgan fingerprint density at radius 2 is 1.82 bits per heavy atom. The monoisotopic (exact) mass is 305 g/mol. The van der Waals surface area contributed by atoms with Gasteiger partial charge in [0, 0.05) is 44.2 Å². The molecule has 1 fully saturated rings. The molecule has 0 atom stereocenters. The molecule has 2 amide bonds. The van der Waals surface area contributed by atoms with Crippen molar-refractivity contribution in [1.82, 2.24) is 0 Å². The van der Waals surface area contributed by atoms with Gasteiger partial charge < -0.3 is 20.9 Å². The lowest BCUT2D eigenvalue weighted by atomic mass is 9.96. The van der Waals surface area contributed by atoms with Gasteiger partial charge in [-0.1, -0.05) is 0 Å². The van der Waals surface area contributed by atoms with Crippen LogP contribution < -0.4 is 20.9 Å². The fourth-order valence-corrected chi connectivity index (χ4v) is 2.76. The fourth-order valence-electron chi connectivity index (χ4n) is 2.76. The van der Waals surface area contributed by atoms with Crippen LogP contribution >= 0.6 is 0 Å². The normalized spacial score (nSPS) is 21.2. The Kier molecular flexibility index (Phi) is 5.38. The number of carbonyl (C=O) groups is 2. The van der Waals surface area contributed by atoms with E-state index < -0.39 is 0 Å². The molecule has 0 spiro atoms. The number of carbonyl (C=O) groups excluding carboxylic acids is 2. The largest absolute Gasteiger partial charge is 0.378 e. The van der Waals surface area contributed by atoms with E-state index in [-0.39, 0.29) is 17.7 Å². The summed E-state index contributed by atoms with van der Waals surface area (Å²) in [6.07, 6.45) is 1.55. The molecule has 0 radical (unpaired) electrons. The fraction of sp³-hybridized carbons (Fsp3) is 0.500. The molecule has 6 nitrogen and oxygen atoms in total. The van der Waals surface area contributed by atoms with Gasteiger partial charge in [0.15, 0.2) is 6.54 Å². The van der Waals surface area contributed by atoms with Crippen LogP contribution in [-0.4, -0.2) is 45.5 Å². The van der Waals surface area contributed by atoms with Gasteiger partial charge in [0.2, 0.25) is 5.91 Å². The zero-order chi connectivity index (χ0) is 16.1. The van der Waals surface area contributed by atoms with Crippen molar-refractivity contribution in [3.05, 3.63) is 24.3 Å². The van der Waals surface area contributed by atoms with E-state index in [1.54, 1.807) is 0 Å². The third-order valence-corrected chi connectivity index (χ3v) is 4.17. The van der Waals surface area contributed by atoms with Gasteiger partial charge in [-0.2, -0.15) is 0 Å². The number of benzene rings is 1. The van der Waals surface area contributed by atoms with Gasteiger partial charge in [0.1, 0.15) is 0 Å². The number of rotatable bonds is 5. The van der Waals surface area contributed by atoms with E-state index in [9.17, 15) is 9.59 Å². The first-order chi connectivity index (χ1) is 10.5. The minimum atomic E-state index is -0.218. The minimum Gasteiger partial charge on any atom is -0.378 e. The highest BCUT2D eigenvalue weighted by atomic mass is 16.2. The van der Waals surface area contributed by atoms with Gasteiger partial charge in [0.05, 0.1) is 13.1 Å². The smallest absolute Gasteiger partial charge is 0.279 e. The van der Waals surface area contributed by atoms with Gasteiger partial charge in [-0.25, -0.2) is 0 Å². The Hall–Kier alpha value is -2.08. The number of anilines is 2. The summed E-state index contributed by atoms with van der Waals surface area (Å²) in [5.74, 6) is -0.236. The number of nitrogens with one attached hydrogen (secondary N) is 2. The summed E-state index contributed by atoms with van der Waals surface area (Å²) in [6.45, 7) is 2.07. The predicted molar refractivity (Wildman–Crippen MR) is 86.9 cm³/mol. The van der Waals surface area contributed by atoms with Gasteiger partial charge in [0.25, 0.3) is 5.91 Å². The van der Waals surface area contributed by atoms with E-state index in [1.165, 1.54) is 4.90 Å². The van der Waals surface area contributed by atoms with Gasteiger partial charge >= 0.3 is 0 Å². The van der Waals surface area contributed by atoms with Crippen molar-refractivity contribution in [2.45, 2.75) is 12.8 Å². The zero-order valence-corrected chi connectivity index (χ0v) is 13.3. The summed E-state index contributed by atoms with van der Waals surface area (Å²) in [5.41, 5.74) is 7.22. The van der Waals surface area contributed by atoms with Crippen molar-refractivity contribution < 1.29 is 14.5 Å². The first-order valence-corrected chi connectivity index (χ1v) is 7.66. The summed E-state index contributed by atoms with van der Waals surface area (Å²) >= 11 is 0. The van der Waals surface area contributed by atoms with Gasteiger partial charge in [-0.3, -0.25) is 9.59 Å². The lowest BCUT2D eigenvalue weighted by molar-refractivity contribution is -0.897. The summed E-state index contributed by atoms with van der Waals surface area (Å²) in [4.78, 5) is 26.4. The Bertz CT molecular complexity index is 519. The molecule has 0 saturated carbocycles. The molecule has 0 aliphatic carbocycles. The van der Waals surface area contributed by atoms with Crippen molar-refractivity contribution in [2.24, 2.45) is 11.7 Å². The summed E-state index contributed by atoms with van der Waals surface area (Å²) in [5, 5.41) is 2.92. The molecule has 120 valence electrons. The molecule has 1 heterocycles. The van der Waals surface area contributed by atoms with E-state index in [0.717, 1.165) is 37.3 Å². The number of likely N-dealkylation sites (tertiary alicyclic amines) is 1. The molecule has 1 aromatic rings. The van der Waals surface area contributed by atoms with E-state index in [0.29, 0.717) is 6.54 Å². The Balaban J connectivity index is 1.80. The number of primary amides is 1. The van der Waals surface area contributed by atoms with Crippen molar-refractivity contribution in [3.8, 4) is 0 Å². The maximum atomic E-state index is 12.1. The molecule has 2 rings (SSSR count). The maximum Gasteiger partial charge on any atom is 0.279 e. The molecule has 1 saturated heterocycles. The Morgan fingerprint density at radius 3 is 2.32 bits per heavy atom. The van der Waals surface area contributed by atoms with E-state index in [4.69, 9.17) is 5.73 Å². The van der Waals surface area contributed by atoms with Gasteiger partial charge in [-0.05, 0) is 24.3 Å². The van der Waals surface area contributed by atoms with Crippen LogP contribution in [0, 0.1) is 5.92 Å². The Morgan fingerprint density at radius 1 is 1.23 bits per heavy atom. The van der Waals surface area contributed by atoms with Crippen LogP contribution in [-0.2, 0) is 9.59 Å². The summed E-state index contributed by atoms with van der Waals surface area (Å²) in [7, 11) is 3.96. The van der Waals surface area contributed by atoms with Crippen LogP contribution in [0.1, 0.15) is 12.8 Å². The predicted octanol–water partition coefficient (Wildman–Crippen LogP) is -0.529. The average Bonchev–Trinajstić information content (AvgIpc) is 2.48. The van der Waals surface area contributed by atoms with Crippen LogP contribution in [0.3, 0.4) is 0 Å². The zero-order valence-electron chi connectivity index (χ0n) is 13.3. The lowest BCUT2D eigenvalue weighted by Crippen LogP contribution is -3.14. The number of nitrogens with two attached hydrogens (primary N) is 1. The molecule has 1 aliphatic heterocycles. The second-order valence-electron chi connectivity index (χ2n) is 6.09. The van der Waals surface area contributed by atoms with Crippen LogP contribution in [0.2, 0.25) is 0 Å². The first kappa shape index (κ1) is 16.3. The van der Waals surface area contributed by atoms with Crippen molar-refractivity contribution in [3.63, 3.8) is 0 Å². The molecular formula is C16H25N4O2+. The number of piperidine rings is 1. The molecule has 1 aliphatic rings. The third kappa shape index (κ3) is 4.46. The van der Waals surface area contributed by atoms with Crippen molar-refractivity contribution in [2.75, 3.05) is 43.9 Å². The molecular weight excluding hydrogens is 280 g/mol. The second-order valence-corrected chi connectivity index (χ2v) is 6.09. The summed E-state index contributed by atoms with van der Waals surface area (Å²) in [6, 6.07) is 7.76. The number of amides is 2. The number of nitrogens with zero attached hydrogens (tertiary/aromatic N) is 1. The van der Waals surface area contributed by atoms with Gasteiger partial charge in [-0.15, -0.1) is 0 Å². The SMILES string of the molecule is CN(C)c1ccc(NC(=O)C[NH+]2CCC(C(N)=O)CC2)cc1. The molecule has 22 heavy (non-hydrogen) atoms. The van der Waals surface area contributed by atoms with Crippen LogP contribution in [0.15, 0.2) is 24.3 Å². The lowest BCUT2D eigenvalue weighted by Gasteiger charge is -2.27. The standard InChI is InChI=1S/C16H24N4O2/c1-19(2)14-5-3-13(4-6-14)18-15(21)11-20-9-7-12(8-10-20)16(17)22/h3-6,12H,7-11H2,1-2H3,(H2,17,22)(H,18,21)/p+1. The molecule has 4 N–H and O–H groups in total. The topological polar surface area (TPSA) is 79.9 Å². The number of quaternary nitrogens is 1. The molecule has 0 bridgehead atoms. The second kappa shape index (κ2) is 7.26. The van der Waals surface area contributed by atoms with E-state index in [2.05, 4.69) is 5.32 Å². The highest BCUT2D eigenvalue weighted by molar-refractivity contribution is 5.91. The highest BCUT2D eigenvalue weighted by Gasteiger charge is 2.26. The first-order valence-electron chi connectivity index (χ1n) is 7.66. The van der Waals surface area contributed by atoms with Crippen molar-refractivity contribution in [1.29, 1.82) is 0 Å². The van der Waals surface area contributed by atoms with E-state index in [1.807, 2.05) is 43.3 Å². The molecule has 0 aromatic heterocycles. The average molecular weight is 305 g/mol. The van der Waals surface area contributed by atoms with Crippen LogP contribution in [0.5, 0.6) is 0 Å². The maximum absolute atomic E-state index is 12.1. The highest BCUT2D eigenvalue weighted by Crippen LogP contribution is 2.15. The minimum absolute atomic E-state index is 0.00475. The van der Waals surface area contributed by atoms with E-state index >= 15 is 0 Å². The summed E-state index contributed by atoms with van der Waals surface area (Å²) < 4.78 is 0. The molecule has 1 aromatic carbocycles. The Labute approximate surface area is 131 Å². The van der Waals surface area contributed by atoms with Crippen molar-refractivity contribution >= 4 is 23.2 Å². The quantitative estimate of drug-likeness (QED) is 0.684. The third-order valence-electron chi connectivity index (χ3n) is 4.17. The van der Waals surface area contributed by atoms with Crippen LogP contribution in [0.4, 0.5) is 11.4 Å². The number of hydrogen-bond acceptors (Lipinski definition) is 3. The van der Waals surface area contributed by atoms with Crippen LogP contribution in [0.25, 0.3) is 0 Å². The molecule has 6 heteroatoms. The molecule has 0 unspecified atom stereocenters.